The van der Waals surface area contributed by atoms with Crippen molar-refractivity contribution in [3.05, 3.63) is 29.6 Å². The number of allylic oxidation sites excluding steroid dienone is 1. The molecule has 4 heterocycles. The van der Waals surface area contributed by atoms with Gasteiger partial charge in [0, 0.05) is 36.9 Å². The summed E-state index contributed by atoms with van der Waals surface area (Å²) in [5.41, 5.74) is 3.14. The van der Waals surface area contributed by atoms with Crippen LogP contribution in [0.1, 0.15) is 31.2 Å². The van der Waals surface area contributed by atoms with Crippen molar-refractivity contribution in [3.63, 3.8) is 0 Å². The molecule has 9 heteroatoms. The van der Waals surface area contributed by atoms with Crippen LogP contribution < -0.4 is 15.5 Å². The van der Waals surface area contributed by atoms with E-state index in [2.05, 4.69) is 39.2 Å². The molecular weight excluding hydrogens is 368 g/mol. The Morgan fingerprint density at radius 3 is 2.86 bits per heavy atom. The molecule has 3 fully saturated rings. The van der Waals surface area contributed by atoms with Crippen molar-refractivity contribution >= 4 is 29.5 Å². The maximum Gasteiger partial charge on any atom is 0.230 e. The third-order valence-electron chi connectivity index (χ3n) is 5.66. The van der Waals surface area contributed by atoms with Crippen LogP contribution in [0.4, 0.5) is 11.9 Å². The first-order valence-corrected chi connectivity index (χ1v) is 10.2. The van der Waals surface area contributed by atoms with E-state index in [1.165, 1.54) is 0 Å². The normalized spacial score (nSPS) is 22.4. The second-order valence-electron chi connectivity index (χ2n) is 8.12. The van der Waals surface area contributed by atoms with Crippen LogP contribution in [0.2, 0.25) is 0 Å². The fourth-order valence-electron chi connectivity index (χ4n) is 3.78. The smallest absolute Gasteiger partial charge is 0.230 e. The second kappa shape index (κ2) is 7.14. The van der Waals surface area contributed by atoms with Gasteiger partial charge >= 0.3 is 0 Å². The lowest BCUT2D eigenvalue weighted by Crippen LogP contribution is -2.30. The number of anilines is 2. The van der Waals surface area contributed by atoms with Crippen LogP contribution in [-0.2, 0) is 4.79 Å². The molecule has 3 aliphatic rings. The van der Waals surface area contributed by atoms with E-state index in [-0.39, 0.29) is 5.91 Å². The molecule has 2 N–H and O–H groups in total. The molecule has 1 aliphatic carbocycles. The molecule has 2 aromatic rings. The Kier molecular flexibility index (Phi) is 4.46. The average molecular weight is 394 g/mol. The third-order valence-corrected chi connectivity index (χ3v) is 5.66. The number of aromatic nitrogens is 4. The van der Waals surface area contributed by atoms with Gasteiger partial charge in [-0.25, -0.2) is 0 Å². The fourth-order valence-corrected chi connectivity index (χ4v) is 3.78. The molecule has 152 valence electrons. The molecule has 1 saturated carbocycles. The number of carbonyl (C=O) groups is 1. The molecular formula is C20H26N8O. The second-order valence-corrected chi connectivity index (χ2v) is 8.12. The highest BCUT2D eigenvalue weighted by molar-refractivity contribution is 5.89. The van der Waals surface area contributed by atoms with Crippen molar-refractivity contribution in [1.82, 2.24) is 29.8 Å². The molecule has 0 atom stereocenters. The summed E-state index contributed by atoms with van der Waals surface area (Å²) in [6.45, 7) is 7.84. The zero-order chi connectivity index (χ0) is 20.0. The molecule has 5 rings (SSSR count). The Balaban J connectivity index is 1.56. The summed E-state index contributed by atoms with van der Waals surface area (Å²) in [7, 11) is 2.15. The Morgan fingerprint density at radius 1 is 1.24 bits per heavy atom. The van der Waals surface area contributed by atoms with Gasteiger partial charge in [0.1, 0.15) is 0 Å². The van der Waals surface area contributed by atoms with E-state index in [9.17, 15) is 4.79 Å². The van der Waals surface area contributed by atoms with E-state index in [1.807, 2.05) is 6.08 Å². The number of rotatable bonds is 4. The van der Waals surface area contributed by atoms with Gasteiger partial charge in [0.2, 0.25) is 17.8 Å². The topological polar surface area (TPSA) is 90.7 Å². The van der Waals surface area contributed by atoms with Crippen molar-refractivity contribution in [2.75, 3.05) is 43.4 Å². The summed E-state index contributed by atoms with van der Waals surface area (Å²) in [4.78, 5) is 26.0. The molecule has 2 aromatic heterocycles. The maximum absolute atomic E-state index is 11.7. The minimum Gasteiger partial charge on any atom is -0.351 e. The van der Waals surface area contributed by atoms with Crippen LogP contribution in [0, 0.1) is 0 Å². The van der Waals surface area contributed by atoms with Crippen LogP contribution in [-0.4, -0.2) is 69.7 Å². The third kappa shape index (κ3) is 3.69. The predicted octanol–water partition coefficient (Wildman–Crippen LogP) is 1.26. The van der Waals surface area contributed by atoms with E-state index in [4.69, 9.17) is 9.97 Å². The molecule has 29 heavy (non-hydrogen) atoms. The summed E-state index contributed by atoms with van der Waals surface area (Å²) < 4.78 is 1.77. The summed E-state index contributed by atoms with van der Waals surface area (Å²) in [5, 5.41) is 10.8. The molecule has 0 spiro atoms. The van der Waals surface area contributed by atoms with E-state index in [0.29, 0.717) is 18.2 Å². The average Bonchev–Trinajstić information content (AvgIpc) is 3.38. The quantitative estimate of drug-likeness (QED) is 0.807. The number of hydrogen-bond donors (Lipinski definition) is 2. The molecule has 9 nitrogen and oxygen atoms in total. The molecule has 2 aliphatic heterocycles. The van der Waals surface area contributed by atoms with Crippen LogP contribution >= 0.6 is 0 Å². The molecule has 1 amide bonds. The first kappa shape index (κ1) is 18.1. The lowest BCUT2D eigenvalue weighted by atomic mass is 10.1. The molecule has 0 aromatic carbocycles. The monoisotopic (exact) mass is 394 g/mol. The van der Waals surface area contributed by atoms with Gasteiger partial charge in [-0.15, -0.1) is 0 Å². The highest BCUT2D eigenvalue weighted by Crippen LogP contribution is 2.28. The Labute approximate surface area is 169 Å². The lowest BCUT2D eigenvalue weighted by molar-refractivity contribution is -0.118. The number of nitrogens with zero attached hydrogens (tertiary/aromatic N) is 6. The standard InChI is InChI=1S/C20H26N8O/c1-13-14(11-17(29)22-13)10-15-12-21-28-18(15)24-19(25-20(28)23-16-4-5-16)27-7-3-6-26(2)8-9-27/h10,12,16H,1,3-9,11H2,2H3,(H,22,29)(H,23,24,25)/b14-10+. The molecule has 0 radical (unpaired) electrons. The number of likely N-dealkylation sites (N-methyl/N-ethyl adjacent to an activating group) is 1. The number of hydrogen-bond acceptors (Lipinski definition) is 7. The minimum absolute atomic E-state index is 0.0298. The minimum atomic E-state index is -0.0298. The van der Waals surface area contributed by atoms with Crippen molar-refractivity contribution in [3.8, 4) is 0 Å². The van der Waals surface area contributed by atoms with Gasteiger partial charge < -0.3 is 20.4 Å². The van der Waals surface area contributed by atoms with Gasteiger partial charge in [-0.1, -0.05) is 6.58 Å². The maximum atomic E-state index is 11.7. The van der Waals surface area contributed by atoms with Crippen molar-refractivity contribution in [1.29, 1.82) is 0 Å². The lowest BCUT2D eigenvalue weighted by Gasteiger charge is -2.21. The van der Waals surface area contributed by atoms with Crippen LogP contribution in [0.25, 0.3) is 11.7 Å². The van der Waals surface area contributed by atoms with Gasteiger partial charge in [-0.05, 0) is 44.5 Å². The van der Waals surface area contributed by atoms with E-state index < -0.39 is 0 Å². The molecule has 2 saturated heterocycles. The fraction of sp³-hybridized carbons (Fsp3) is 0.500. The largest absolute Gasteiger partial charge is 0.351 e. The van der Waals surface area contributed by atoms with Crippen molar-refractivity contribution in [2.24, 2.45) is 0 Å². The number of nitrogens with one attached hydrogen (secondary N) is 2. The van der Waals surface area contributed by atoms with E-state index >= 15 is 0 Å². The van der Waals surface area contributed by atoms with Crippen molar-refractivity contribution in [2.45, 2.75) is 31.7 Å². The van der Waals surface area contributed by atoms with Crippen LogP contribution in [0.5, 0.6) is 0 Å². The summed E-state index contributed by atoms with van der Waals surface area (Å²) in [6.07, 6.45) is 7.46. The van der Waals surface area contributed by atoms with Crippen molar-refractivity contribution < 1.29 is 4.79 Å². The van der Waals surface area contributed by atoms with E-state index in [0.717, 1.165) is 74.1 Å². The van der Waals surface area contributed by atoms with Crippen LogP contribution in [0.3, 0.4) is 0 Å². The molecule has 0 unspecified atom stereocenters. The SMILES string of the molecule is C=C1NC(=O)C/C1=C\c1cnn2c(NC3CC3)nc(N3CCCN(C)CC3)nc12. The summed E-state index contributed by atoms with van der Waals surface area (Å²) in [6, 6.07) is 0.457. The zero-order valence-electron chi connectivity index (χ0n) is 16.7. The first-order chi connectivity index (χ1) is 14.1. The van der Waals surface area contributed by atoms with E-state index in [1.54, 1.807) is 10.7 Å². The Hall–Kier alpha value is -2.94. The highest BCUT2D eigenvalue weighted by atomic mass is 16.1. The predicted molar refractivity (Wildman–Crippen MR) is 112 cm³/mol. The number of carbonyl (C=O) groups excluding carboxylic acids is 1. The molecule has 0 bridgehead atoms. The van der Waals surface area contributed by atoms with Gasteiger partial charge in [0.05, 0.1) is 12.6 Å². The summed E-state index contributed by atoms with van der Waals surface area (Å²) >= 11 is 0. The van der Waals surface area contributed by atoms with Gasteiger partial charge in [0.15, 0.2) is 5.65 Å². The van der Waals surface area contributed by atoms with Gasteiger partial charge in [0.25, 0.3) is 0 Å². The summed E-state index contributed by atoms with van der Waals surface area (Å²) in [5.74, 6) is 1.43. The number of amides is 1. The first-order valence-electron chi connectivity index (χ1n) is 10.2. The Morgan fingerprint density at radius 2 is 2.10 bits per heavy atom. The van der Waals surface area contributed by atoms with Gasteiger partial charge in [-0.3, -0.25) is 4.79 Å². The Bertz CT molecular complexity index is 1010. The highest BCUT2D eigenvalue weighted by Gasteiger charge is 2.26. The van der Waals surface area contributed by atoms with Gasteiger partial charge in [-0.2, -0.15) is 19.6 Å². The van der Waals surface area contributed by atoms with Crippen LogP contribution in [0.15, 0.2) is 24.0 Å². The number of fused-ring (bicyclic) bond motifs is 1. The zero-order valence-corrected chi connectivity index (χ0v) is 16.7.